The van der Waals surface area contributed by atoms with Crippen LogP contribution in [0.2, 0.25) is 0 Å². The fourth-order valence-electron chi connectivity index (χ4n) is 7.37. The average Bonchev–Trinajstić information content (AvgIpc) is 3.34. The van der Waals surface area contributed by atoms with Crippen molar-refractivity contribution in [1.29, 1.82) is 0 Å². The van der Waals surface area contributed by atoms with Crippen molar-refractivity contribution in [3.8, 4) is 46.0 Å². The van der Waals surface area contributed by atoms with Crippen LogP contribution < -0.4 is 37.9 Å². The molecule has 5 aromatic rings. The molecule has 0 N–H and O–H groups in total. The first-order valence-corrected chi connectivity index (χ1v) is 24.4. The van der Waals surface area contributed by atoms with Gasteiger partial charge in [-0.25, -0.2) is 9.18 Å². The number of carbonyl (C=O) groups is 1. The molecule has 1 heterocycles. The molecule has 5 aromatic carbocycles. The van der Waals surface area contributed by atoms with Crippen molar-refractivity contribution in [2.45, 2.75) is 131 Å². The predicted octanol–water partition coefficient (Wildman–Crippen LogP) is 13.8. The normalized spacial score (nSPS) is 14.1. The third-order valence-electron chi connectivity index (χ3n) is 11.3. The Labute approximate surface area is 396 Å². The van der Waals surface area contributed by atoms with Crippen LogP contribution in [0.25, 0.3) is 0 Å². The Morgan fingerprint density at radius 3 is 1.72 bits per heavy atom. The number of hydrogen-bond acceptors (Lipinski definition) is 10. The van der Waals surface area contributed by atoms with Gasteiger partial charge in [0.25, 0.3) is 0 Å². The summed E-state index contributed by atoms with van der Waals surface area (Å²) in [6, 6.07) is 30.1. The topological polar surface area (TPSA) is 100 Å². The monoisotopic (exact) mass is 920 g/mol. The molecule has 0 saturated carbocycles. The van der Waals surface area contributed by atoms with Gasteiger partial charge in [-0.2, -0.15) is 0 Å². The lowest BCUT2D eigenvalue weighted by molar-refractivity contribution is -0.0194. The number of ether oxygens (including phenoxy) is 9. The van der Waals surface area contributed by atoms with E-state index in [9.17, 15) is 4.79 Å². The van der Waals surface area contributed by atoms with Crippen LogP contribution in [-0.2, 0) is 24.4 Å². The van der Waals surface area contributed by atoms with Gasteiger partial charge >= 0.3 is 5.97 Å². The summed E-state index contributed by atoms with van der Waals surface area (Å²) in [7, 11) is 0. The summed E-state index contributed by atoms with van der Waals surface area (Å²) in [4.78, 5) is 14.8. The highest BCUT2D eigenvalue weighted by molar-refractivity contribution is 5.92. The molecule has 67 heavy (non-hydrogen) atoms. The second-order valence-corrected chi connectivity index (χ2v) is 16.7. The Kier molecular flexibility index (Phi) is 20.2. The van der Waals surface area contributed by atoms with Gasteiger partial charge in [0.15, 0.2) is 29.2 Å². The second-order valence-electron chi connectivity index (χ2n) is 16.7. The first kappa shape index (κ1) is 50.3. The smallest absolute Gasteiger partial charge is 0.341 e. The molecule has 0 radical (unpaired) electrons. The first-order chi connectivity index (χ1) is 32.9. The summed E-state index contributed by atoms with van der Waals surface area (Å²) in [5.41, 5.74) is 2.82. The number of benzene rings is 5. The van der Waals surface area contributed by atoms with Crippen LogP contribution in [0.5, 0.6) is 46.0 Å². The maximum atomic E-state index is 17.2. The van der Waals surface area contributed by atoms with Gasteiger partial charge in [-0.1, -0.05) is 133 Å². The molecule has 0 spiro atoms. The van der Waals surface area contributed by atoms with Crippen molar-refractivity contribution in [1.82, 2.24) is 0 Å². The minimum absolute atomic E-state index is 0.0297. The Morgan fingerprint density at radius 1 is 0.552 bits per heavy atom. The highest BCUT2D eigenvalue weighted by Gasteiger charge is 2.39. The SMILES string of the molecule is CCCCOc1cc(OCCCC)c2c(c1)OC(c1ccc(OCCCC)c(OCc3ccccc3)c1)[C@H](OC(=O)c1cc(OCCCC)c(OCCCC)c(OCc3ccccc3)c1F)C2. The lowest BCUT2D eigenvalue weighted by Crippen LogP contribution is -2.35. The quantitative estimate of drug-likeness (QED) is 0.0340. The molecule has 6 rings (SSSR count). The standard InChI is InChI=1S/C56H69FO10/c1-6-11-28-59-43-34-47(61-30-13-8-3)44-36-51(53(66-48(44)35-43)42-26-27-46(60-29-12-7-2)49(33-42)64-38-40-22-18-16-19-23-40)67-56(58)45-37-50(62-31-14-9-4)54(63-32-15-10-5)55(52(45)57)65-39-41-24-20-17-21-25-41/h16-27,33-35,37,51,53H,6-15,28-32,36,38-39H2,1-5H3/t51-,53?/m1/s1. The molecule has 0 saturated heterocycles. The van der Waals surface area contributed by atoms with Crippen molar-refractivity contribution in [2.24, 2.45) is 0 Å². The number of unbranched alkanes of at least 4 members (excludes halogenated alkanes) is 5. The molecule has 0 amide bonds. The maximum absolute atomic E-state index is 17.2. The minimum atomic E-state index is -0.966. The molecule has 0 bridgehead atoms. The van der Waals surface area contributed by atoms with Crippen LogP contribution in [-0.4, -0.2) is 45.1 Å². The molecule has 2 atom stereocenters. The van der Waals surface area contributed by atoms with Crippen molar-refractivity contribution in [2.75, 3.05) is 33.0 Å². The zero-order valence-electron chi connectivity index (χ0n) is 40.1. The molecule has 11 heteroatoms. The Hall–Kier alpha value is -6.10. The second kappa shape index (κ2) is 26.9. The number of rotatable bonds is 29. The minimum Gasteiger partial charge on any atom is -0.493 e. The zero-order valence-corrected chi connectivity index (χ0v) is 40.1. The first-order valence-electron chi connectivity index (χ1n) is 24.4. The van der Waals surface area contributed by atoms with Crippen LogP contribution in [0.1, 0.15) is 138 Å². The van der Waals surface area contributed by atoms with Gasteiger partial charge in [0.05, 0.1) is 33.0 Å². The fraction of sp³-hybridized carbons (Fsp3) is 0.446. The van der Waals surface area contributed by atoms with E-state index in [0.717, 1.165) is 75.3 Å². The molecular formula is C56H69FO10. The van der Waals surface area contributed by atoms with E-state index in [1.807, 2.05) is 97.9 Å². The van der Waals surface area contributed by atoms with Crippen LogP contribution >= 0.6 is 0 Å². The molecule has 10 nitrogen and oxygen atoms in total. The van der Waals surface area contributed by atoms with Crippen LogP contribution in [0, 0.1) is 5.82 Å². The van der Waals surface area contributed by atoms with E-state index in [1.165, 1.54) is 6.07 Å². The van der Waals surface area contributed by atoms with Gasteiger partial charge in [-0.15, -0.1) is 0 Å². The molecule has 0 aliphatic carbocycles. The van der Waals surface area contributed by atoms with Crippen molar-refractivity contribution < 1.29 is 51.8 Å². The summed E-state index contributed by atoms with van der Waals surface area (Å²) in [6.45, 7) is 12.9. The number of carbonyl (C=O) groups excluding carboxylic acids is 1. The van der Waals surface area contributed by atoms with E-state index in [2.05, 4.69) is 27.7 Å². The Bertz CT molecular complexity index is 2270. The van der Waals surface area contributed by atoms with Crippen molar-refractivity contribution in [3.63, 3.8) is 0 Å². The summed E-state index contributed by atoms with van der Waals surface area (Å²) < 4.78 is 74.5. The molecule has 1 aliphatic rings. The van der Waals surface area contributed by atoms with Crippen molar-refractivity contribution in [3.05, 3.63) is 131 Å². The van der Waals surface area contributed by atoms with Crippen molar-refractivity contribution >= 4 is 5.97 Å². The van der Waals surface area contributed by atoms with E-state index in [4.69, 9.17) is 42.6 Å². The largest absolute Gasteiger partial charge is 0.493 e. The van der Waals surface area contributed by atoms with Crippen LogP contribution in [0.4, 0.5) is 4.39 Å². The van der Waals surface area contributed by atoms with Crippen LogP contribution in [0.15, 0.2) is 97.1 Å². The Morgan fingerprint density at radius 2 is 1.10 bits per heavy atom. The highest BCUT2D eigenvalue weighted by atomic mass is 19.1. The number of halogens is 1. The molecule has 1 aliphatic heterocycles. The van der Waals surface area contributed by atoms with E-state index in [-0.39, 0.29) is 35.8 Å². The van der Waals surface area contributed by atoms with Gasteiger partial charge in [-0.3, -0.25) is 0 Å². The van der Waals surface area contributed by atoms with E-state index < -0.39 is 24.0 Å². The lowest BCUT2D eigenvalue weighted by atomic mass is 9.93. The summed E-state index contributed by atoms with van der Waals surface area (Å²) in [5, 5.41) is 0. The predicted molar refractivity (Wildman–Crippen MR) is 259 cm³/mol. The number of fused-ring (bicyclic) bond motifs is 1. The Balaban J connectivity index is 1.43. The van der Waals surface area contributed by atoms with E-state index >= 15 is 4.39 Å². The van der Waals surface area contributed by atoms with Gasteiger partial charge in [0.2, 0.25) is 11.5 Å². The average molecular weight is 921 g/mol. The molecule has 0 aromatic heterocycles. The zero-order chi connectivity index (χ0) is 47.2. The molecule has 360 valence electrons. The van der Waals surface area contributed by atoms with Crippen LogP contribution in [0.3, 0.4) is 0 Å². The summed E-state index contributed by atoms with van der Waals surface area (Å²) in [6.07, 6.45) is 7.03. The van der Waals surface area contributed by atoms with Gasteiger partial charge in [0, 0.05) is 35.7 Å². The summed E-state index contributed by atoms with van der Waals surface area (Å²) in [5.74, 6) is 1.08. The third kappa shape index (κ3) is 14.4. The molecule has 1 unspecified atom stereocenters. The highest BCUT2D eigenvalue weighted by Crippen LogP contribution is 2.47. The van der Waals surface area contributed by atoms with Gasteiger partial charge < -0.3 is 42.6 Å². The molecule has 0 fully saturated rings. The van der Waals surface area contributed by atoms with E-state index in [0.29, 0.717) is 79.5 Å². The lowest BCUT2D eigenvalue weighted by Gasteiger charge is -2.35. The number of hydrogen-bond donors (Lipinski definition) is 0. The van der Waals surface area contributed by atoms with Gasteiger partial charge in [0.1, 0.15) is 42.1 Å². The third-order valence-corrected chi connectivity index (χ3v) is 11.3. The van der Waals surface area contributed by atoms with Gasteiger partial charge in [-0.05, 0) is 55.4 Å². The molecular weight excluding hydrogens is 852 g/mol. The summed E-state index contributed by atoms with van der Waals surface area (Å²) >= 11 is 0. The number of esters is 1. The fourth-order valence-corrected chi connectivity index (χ4v) is 7.37. The maximum Gasteiger partial charge on any atom is 0.341 e. The van der Waals surface area contributed by atoms with E-state index in [1.54, 1.807) is 0 Å².